The van der Waals surface area contributed by atoms with Gasteiger partial charge < -0.3 is 20.3 Å². The van der Waals surface area contributed by atoms with Crippen LogP contribution in [0.2, 0.25) is 0 Å². The van der Waals surface area contributed by atoms with Crippen molar-refractivity contribution in [2.45, 2.75) is 38.8 Å². The van der Waals surface area contributed by atoms with E-state index in [9.17, 15) is 14.7 Å². The number of aromatic amines is 1. The third kappa shape index (κ3) is 3.69. The maximum absolute atomic E-state index is 12.9. The van der Waals surface area contributed by atoms with Crippen molar-refractivity contribution in [3.8, 4) is 0 Å². The second-order valence-corrected chi connectivity index (χ2v) is 6.80. The molecule has 0 saturated carbocycles. The van der Waals surface area contributed by atoms with Gasteiger partial charge in [-0.05, 0) is 18.1 Å². The number of carbonyl (C=O) groups is 2. The van der Waals surface area contributed by atoms with Crippen LogP contribution in [0, 0.1) is 5.92 Å². The molecule has 0 aliphatic carbocycles. The Labute approximate surface area is 147 Å². The van der Waals surface area contributed by atoms with E-state index in [1.165, 1.54) is 6.92 Å². The van der Waals surface area contributed by atoms with E-state index in [4.69, 9.17) is 0 Å². The Balaban J connectivity index is 1.80. The van der Waals surface area contributed by atoms with E-state index in [0.29, 0.717) is 19.5 Å². The summed E-state index contributed by atoms with van der Waals surface area (Å²) < 4.78 is 0. The summed E-state index contributed by atoms with van der Waals surface area (Å²) in [7, 11) is 0. The van der Waals surface area contributed by atoms with Gasteiger partial charge in [0.1, 0.15) is 6.04 Å². The van der Waals surface area contributed by atoms with Gasteiger partial charge >= 0.3 is 0 Å². The van der Waals surface area contributed by atoms with Gasteiger partial charge in [-0.2, -0.15) is 0 Å². The van der Waals surface area contributed by atoms with Crippen LogP contribution in [0.1, 0.15) is 25.8 Å². The highest BCUT2D eigenvalue weighted by Gasteiger charge is 2.36. The van der Waals surface area contributed by atoms with Gasteiger partial charge in [0, 0.05) is 49.5 Å². The Morgan fingerprint density at radius 2 is 2.12 bits per heavy atom. The molecule has 2 heterocycles. The molecule has 0 bridgehead atoms. The number of carbonyl (C=O) groups excluding carboxylic acids is 2. The maximum Gasteiger partial charge on any atom is 0.245 e. The lowest BCUT2D eigenvalue weighted by atomic mass is 10.0. The molecule has 1 aromatic carbocycles. The molecule has 1 saturated heterocycles. The van der Waals surface area contributed by atoms with E-state index in [0.717, 1.165) is 22.9 Å². The maximum atomic E-state index is 12.9. The van der Waals surface area contributed by atoms with E-state index in [1.54, 1.807) is 4.90 Å². The summed E-state index contributed by atoms with van der Waals surface area (Å²) in [6.45, 7) is 4.31. The largest absolute Gasteiger partial charge is 0.391 e. The predicted octanol–water partition coefficient (Wildman–Crippen LogP) is 1.44. The average molecular weight is 343 g/mol. The van der Waals surface area contributed by atoms with E-state index < -0.39 is 12.1 Å². The number of rotatable bonds is 5. The molecule has 1 fully saturated rings. The summed E-state index contributed by atoms with van der Waals surface area (Å²) in [4.78, 5) is 29.4. The molecule has 3 rings (SSSR count). The Morgan fingerprint density at radius 3 is 2.80 bits per heavy atom. The number of likely N-dealkylation sites (tertiary alicyclic amines) is 1. The third-order valence-electron chi connectivity index (χ3n) is 5.02. The van der Waals surface area contributed by atoms with Gasteiger partial charge in [-0.3, -0.25) is 9.59 Å². The average Bonchev–Trinajstić information content (AvgIpc) is 3.17. The zero-order chi connectivity index (χ0) is 18.0. The third-order valence-corrected chi connectivity index (χ3v) is 5.02. The smallest absolute Gasteiger partial charge is 0.245 e. The lowest BCUT2D eigenvalue weighted by Crippen LogP contribution is -2.48. The minimum atomic E-state index is -0.625. The number of nitrogens with one attached hydrogen (secondary N) is 2. The fraction of sp³-hybridized carbons (Fsp3) is 0.474. The topological polar surface area (TPSA) is 85.4 Å². The Morgan fingerprint density at radius 1 is 1.36 bits per heavy atom. The molecular formula is C19H25N3O3. The molecule has 6 heteroatoms. The minimum absolute atomic E-state index is 0.106. The number of nitrogens with zero attached hydrogens (tertiary/aromatic N) is 1. The summed E-state index contributed by atoms with van der Waals surface area (Å²) >= 11 is 0. The number of para-hydroxylation sites is 1. The van der Waals surface area contributed by atoms with Crippen LogP contribution in [0.15, 0.2) is 30.5 Å². The van der Waals surface area contributed by atoms with E-state index in [2.05, 4.69) is 10.3 Å². The van der Waals surface area contributed by atoms with E-state index in [-0.39, 0.29) is 17.7 Å². The number of aliphatic hydroxyl groups excluding tert-OH is 1. The van der Waals surface area contributed by atoms with Crippen molar-refractivity contribution in [3.05, 3.63) is 36.0 Å². The molecule has 0 radical (unpaired) electrons. The van der Waals surface area contributed by atoms with Crippen molar-refractivity contribution < 1.29 is 14.7 Å². The lowest BCUT2D eigenvalue weighted by molar-refractivity contribution is -0.135. The summed E-state index contributed by atoms with van der Waals surface area (Å²) in [5.41, 5.74) is 2.00. The molecule has 3 atom stereocenters. The normalized spacial score (nSPS) is 21.5. The number of hydrogen-bond donors (Lipinski definition) is 3. The van der Waals surface area contributed by atoms with Gasteiger partial charge in [0.2, 0.25) is 11.8 Å². The number of aliphatic hydroxyl groups is 1. The van der Waals surface area contributed by atoms with E-state index >= 15 is 0 Å². The van der Waals surface area contributed by atoms with Crippen LogP contribution >= 0.6 is 0 Å². The van der Waals surface area contributed by atoms with Crippen LogP contribution in [0.25, 0.3) is 10.9 Å². The van der Waals surface area contributed by atoms with Gasteiger partial charge in [0.05, 0.1) is 6.10 Å². The van der Waals surface area contributed by atoms with Crippen molar-refractivity contribution in [2.24, 2.45) is 5.92 Å². The number of H-pyrrole nitrogens is 1. The fourth-order valence-corrected chi connectivity index (χ4v) is 3.62. The van der Waals surface area contributed by atoms with Crippen molar-refractivity contribution in [2.75, 3.05) is 13.1 Å². The number of hydrogen-bond acceptors (Lipinski definition) is 3. The molecule has 25 heavy (non-hydrogen) atoms. The van der Waals surface area contributed by atoms with Crippen molar-refractivity contribution in [3.63, 3.8) is 0 Å². The highest BCUT2D eigenvalue weighted by atomic mass is 16.3. The van der Waals surface area contributed by atoms with Crippen LogP contribution < -0.4 is 5.32 Å². The molecule has 6 nitrogen and oxygen atoms in total. The quantitative estimate of drug-likeness (QED) is 0.768. The highest BCUT2D eigenvalue weighted by Crippen LogP contribution is 2.23. The first-order chi connectivity index (χ1) is 12.0. The molecule has 3 N–H and O–H groups in total. The first-order valence-corrected chi connectivity index (χ1v) is 8.78. The SMILES string of the molecule is CC[C@@H]1CN(C(=O)[C@H](Cc2c[nH]c3ccccc23)NC(C)=O)C[C@H]1O. The van der Waals surface area contributed by atoms with Crippen LogP contribution in [0.4, 0.5) is 0 Å². The van der Waals surface area contributed by atoms with Crippen molar-refractivity contribution in [1.82, 2.24) is 15.2 Å². The predicted molar refractivity (Wildman–Crippen MR) is 96.0 cm³/mol. The highest BCUT2D eigenvalue weighted by molar-refractivity contribution is 5.89. The number of β-amino-alcohol motifs (C(OH)–C–C–N with tert-alkyl or cyclic N) is 1. The van der Waals surface area contributed by atoms with Gasteiger partial charge in [0.25, 0.3) is 0 Å². The van der Waals surface area contributed by atoms with Gasteiger partial charge in [0.15, 0.2) is 0 Å². The Kier molecular flexibility index (Phi) is 5.08. The summed E-state index contributed by atoms with van der Waals surface area (Å²) in [5, 5.41) is 13.9. The number of fused-ring (bicyclic) bond motifs is 1. The second-order valence-electron chi connectivity index (χ2n) is 6.80. The molecule has 1 aliphatic rings. The van der Waals surface area contributed by atoms with Crippen LogP contribution in [0.3, 0.4) is 0 Å². The fourth-order valence-electron chi connectivity index (χ4n) is 3.62. The van der Waals surface area contributed by atoms with Crippen LogP contribution in [-0.4, -0.2) is 52.0 Å². The Hall–Kier alpha value is -2.34. The van der Waals surface area contributed by atoms with Gasteiger partial charge in [-0.1, -0.05) is 25.1 Å². The summed E-state index contributed by atoms with van der Waals surface area (Å²) in [6, 6.07) is 7.27. The van der Waals surface area contributed by atoms with Gasteiger partial charge in [-0.15, -0.1) is 0 Å². The van der Waals surface area contributed by atoms with Crippen LogP contribution in [0.5, 0.6) is 0 Å². The van der Waals surface area contributed by atoms with E-state index in [1.807, 2.05) is 37.4 Å². The molecule has 2 aromatic rings. The summed E-state index contributed by atoms with van der Waals surface area (Å²) in [6.07, 6.45) is 2.66. The Bertz CT molecular complexity index is 770. The number of benzene rings is 1. The molecule has 1 aliphatic heterocycles. The molecule has 0 spiro atoms. The first-order valence-electron chi connectivity index (χ1n) is 8.78. The standard InChI is InChI=1S/C19H25N3O3/c1-3-13-10-22(11-18(13)24)19(25)17(21-12(2)23)8-14-9-20-16-7-5-4-6-15(14)16/h4-7,9,13,17-18,20,24H,3,8,10-11H2,1-2H3,(H,21,23)/t13-,17+,18-/m1/s1. The molecular weight excluding hydrogens is 318 g/mol. The van der Waals surface area contributed by atoms with Crippen LogP contribution in [-0.2, 0) is 16.0 Å². The summed E-state index contributed by atoms with van der Waals surface area (Å²) in [5.74, 6) is -0.254. The first kappa shape index (κ1) is 17.5. The zero-order valence-electron chi connectivity index (χ0n) is 14.7. The number of amides is 2. The monoisotopic (exact) mass is 343 g/mol. The minimum Gasteiger partial charge on any atom is -0.391 e. The second kappa shape index (κ2) is 7.27. The van der Waals surface area contributed by atoms with Crippen molar-refractivity contribution in [1.29, 1.82) is 0 Å². The number of aromatic nitrogens is 1. The molecule has 2 amide bonds. The van der Waals surface area contributed by atoms with Crippen molar-refractivity contribution >= 4 is 22.7 Å². The van der Waals surface area contributed by atoms with Gasteiger partial charge in [-0.25, -0.2) is 0 Å². The zero-order valence-corrected chi connectivity index (χ0v) is 14.7. The molecule has 0 unspecified atom stereocenters. The molecule has 134 valence electrons. The molecule has 1 aromatic heterocycles. The lowest BCUT2D eigenvalue weighted by Gasteiger charge is -2.24.